The van der Waals surface area contributed by atoms with Crippen LogP contribution in [0.15, 0.2) is 0 Å². The molecule has 0 spiro atoms. The van der Waals surface area contributed by atoms with Crippen molar-refractivity contribution < 1.29 is 18.0 Å². The van der Waals surface area contributed by atoms with Gasteiger partial charge in [-0.15, -0.1) is 0 Å². The first-order chi connectivity index (χ1) is 7.88. The second kappa shape index (κ2) is 4.15. The van der Waals surface area contributed by atoms with Crippen molar-refractivity contribution in [3.63, 3.8) is 0 Å². The Balaban J connectivity index is 2.25. The van der Waals surface area contributed by atoms with E-state index in [1.54, 1.807) is 0 Å². The molecule has 0 aromatic heterocycles. The predicted molar refractivity (Wildman–Crippen MR) is 56.4 cm³/mol. The van der Waals surface area contributed by atoms with Crippen molar-refractivity contribution >= 4 is 5.91 Å². The van der Waals surface area contributed by atoms with Crippen LogP contribution >= 0.6 is 0 Å². The highest BCUT2D eigenvalue weighted by Crippen LogP contribution is 2.45. The van der Waals surface area contributed by atoms with Crippen molar-refractivity contribution in [3.05, 3.63) is 0 Å². The number of nitrogens with zero attached hydrogens (tertiary/aromatic N) is 1. The van der Waals surface area contributed by atoms with Gasteiger partial charge in [0, 0.05) is 19.1 Å². The Kier molecular flexibility index (Phi) is 3.10. The van der Waals surface area contributed by atoms with Gasteiger partial charge in [-0.1, -0.05) is 0 Å². The first-order valence-electron chi connectivity index (χ1n) is 5.97. The number of hydrogen-bond acceptors (Lipinski definition) is 2. The predicted octanol–water partition coefficient (Wildman–Crippen LogP) is 1.54. The molecule has 2 fully saturated rings. The maximum Gasteiger partial charge on any atom is 0.404 e. The van der Waals surface area contributed by atoms with Gasteiger partial charge in [-0.2, -0.15) is 13.2 Å². The van der Waals surface area contributed by atoms with Crippen LogP contribution in [0, 0.1) is 5.41 Å². The molecule has 2 rings (SSSR count). The second-order valence-corrected chi connectivity index (χ2v) is 5.00. The van der Waals surface area contributed by atoms with Crippen LogP contribution in [0.1, 0.15) is 26.2 Å². The summed E-state index contributed by atoms with van der Waals surface area (Å²) in [5.41, 5.74) is -2.19. The van der Waals surface area contributed by atoms with Gasteiger partial charge in [0.25, 0.3) is 0 Å². The van der Waals surface area contributed by atoms with E-state index in [0.717, 1.165) is 12.8 Å². The highest BCUT2D eigenvalue weighted by Gasteiger charge is 2.62. The number of likely N-dealkylation sites (tertiary alicyclic amines) is 1. The molecular formula is C11H17F3N2O. The second-order valence-electron chi connectivity index (χ2n) is 5.00. The minimum atomic E-state index is -4.46. The maximum absolute atomic E-state index is 13.2. The maximum atomic E-state index is 13.2. The van der Waals surface area contributed by atoms with Gasteiger partial charge in [-0.3, -0.25) is 4.79 Å². The summed E-state index contributed by atoms with van der Waals surface area (Å²) in [7, 11) is 0. The lowest BCUT2D eigenvalue weighted by atomic mass is 9.84. The number of carbonyl (C=O) groups is 1. The molecule has 0 aromatic rings. The fourth-order valence-electron chi connectivity index (χ4n) is 2.75. The van der Waals surface area contributed by atoms with Gasteiger partial charge in [0.15, 0.2) is 5.41 Å². The zero-order valence-corrected chi connectivity index (χ0v) is 9.81. The summed E-state index contributed by atoms with van der Waals surface area (Å²) < 4.78 is 39.5. The van der Waals surface area contributed by atoms with Gasteiger partial charge in [0.05, 0.1) is 0 Å². The standard InChI is InChI=1S/C11H17F3N2O/c1-8-3-2-6-16(8)9(17)10(11(12,13)14)4-5-15-7-10/h8,15H,2-7H2,1H3. The molecule has 1 N–H and O–H groups in total. The van der Waals surface area contributed by atoms with Gasteiger partial charge in [-0.25, -0.2) is 0 Å². The Morgan fingerprint density at radius 1 is 1.47 bits per heavy atom. The fraction of sp³-hybridized carbons (Fsp3) is 0.909. The molecular weight excluding hydrogens is 233 g/mol. The van der Waals surface area contributed by atoms with Crippen LogP contribution in [-0.2, 0) is 4.79 Å². The Hall–Kier alpha value is -0.780. The van der Waals surface area contributed by atoms with E-state index >= 15 is 0 Å². The summed E-state index contributed by atoms with van der Waals surface area (Å²) in [6, 6.07) is -0.0673. The molecule has 98 valence electrons. The van der Waals surface area contributed by atoms with Crippen molar-refractivity contribution in [1.82, 2.24) is 10.2 Å². The van der Waals surface area contributed by atoms with Gasteiger partial charge in [0.2, 0.25) is 5.91 Å². The third-order valence-corrected chi connectivity index (χ3v) is 3.92. The van der Waals surface area contributed by atoms with E-state index in [1.807, 2.05) is 6.92 Å². The van der Waals surface area contributed by atoms with Crippen molar-refractivity contribution in [3.8, 4) is 0 Å². The zero-order valence-electron chi connectivity index (χ0n) is 9.81. The Morgan fingerprint density at radius 2 is 2.18 bits per heavy atom. The van der Waals surface area contributed by atoms with E-state index in [4.69, 9.17) is 0 Å². The molecule has 0 aromatic carbocycles. The number of carbonyl (C=O) groups excluding carboxylic acids is 1. The molecule has 0 radical (unpaired) electrons. The van der Waals surface area contributed by atoms with Gasteiger partial charge in [-0.05, 0) is 32.7 Å². The highest BCUT2D eigenvalue weighted by molar-refractivity contribution is 5.85. The van der Waals surface area contributed by atoms with Crippen LogP contribution in [-0.4, -0.2) is 42.7 Å². The molecule has 2 atom stereocenters. The van der Waals surface area contributed by atoms with E-state index in [0.29, 0.717) is 6.54 Å². The lowest BCUT2D eigenvalue weighted by Crippen LogP contribution is -2.54. The van der Waals surface area contributed by atoms with Gasteiger partial charge >= 0.3 is 6.18 Å². The van der Waals surface area contributed by atoms with Crippen LogP contribution < -0.4 is 5.32 Å². The van der Waals surface area contributed by atoms with Crippen LogP contribution in [0.25, 0.3) is 0 Å². The van der Waals surface area contributed by atoms with Gasteiger partial charge in [0.1, 0.15) is 0 Å². The van der Waals surface area contributed by atoms with Crippen molar-refractivity contribution in [2.75, 3.05) is 19.6 Å². The summed E-state index contributed by atoms with van der Waals surface area (Å²) in [4.78, 5) is 13.6. The quantitative estimate of drug-likeness (QED) is 0.765. The Bertz CT molecular complexity index is 310. The summed E-state index contributed by atoms with van der Waals surface area (Å²) in [6.45, 7) is 2.25. The Labute approximate surface area is 98.3 Å². The summed E-state index contributed by atoms with van der Waals surface area (Å²) in [6.07, 6.45) is -3.00. The smallest absolute Gasteiger partial charge is 0.339 e. The van der Waals surface area contributed by atoms with E-state index in [9.17, 15) is 18.0 Å². The molecule has 3 nitrogen and oxygen atoms in total. The number of nitrogens with one attached hydrogen (secondary N) is 1. The highest BCUT2D eigenvalue weighted by atomic mass is 19.4. The molecule has 0 bridgehead atoms. The van der Waals surface area contributed by atoms with Crippen molar-refractivity contribution in [2.24, 2.45) is 5.41 Å². The SMILES string of the molecule is CC1CCCN1C(=O)C1(C(F)(F)F)CCNC1. The van der Waals surface area contributed by atoms with E-state index in [1.165, 1.54) is 4.90 Å². The summed E-state index contributed by atoms with van der Waals surface area (Å²) in [5.74, 6) is -0.736. The van der Waals surface area contributed by atoms with Crippen LogP contribution in [0.2, 0.25) is 0 Å². The molecule has 2 heterocycles. The summed E-state index contributed by atoms with van der Waals surface area (Å²) >= 11 is 0. The lowest BCUT2D eigenvalue weighted by molar-refractivity contribution is -0.222. The fourth-order valence-corrected chi connectivity index (χ4v) is 2.75. The molecule has 17 heavy (non-hydrogen) atoms. The van der Waals surface area contributed by atoms with Crippen LogP contribution in [0.4, 0.5) is 13.2 Å². The molecule has 6 heteroatoms. The first-order valence-corrected chi connectivity index (χ1v) is 5.97. The third kappa shape index (κ3) is 1.92. The average Bonchev–Trinajstić information content (AvgIpc) is 2.83. The van der Waals surface area contributed by atoms with Crippen molar-refractivity contribution in [1.29, 1.82) is 0 Å². The number of hydrogen-bond donors (Lipinski definition) is 1. The Morgan fingerprint density at radius 3 is 2.59 bits per heavy atom. The van der Waals surface area contributed by atoms with Crippen LogP contribution in [0.5, 0.6) is 0 Å². The van der Waals surface area contributed by atoms with Gasteiger partial charge < -0.3 is 10.2 Å². The number of halogens is 3. The average molecular weight is 250 g/mol. The molecule has 0 saturated carbocycles. The van der Waals surface area contributed by atoms with E-state index in [-0.39, 0.29) is 25.6 Å². The normalized spacial score (nSPS) is 34.4. The molecule has 0 aliphatic carbocycles. The molecule has 2 saturated heterocycles. The molecule has 1 amide bonds. The summed E-state index contributed by atoms with van der Waals surface area (Å²) in [5, 5.41) is 2.67. The minimum Gasteiger partial charge on any atom is -0.339 e. The lowest BCUT2D eigenvalue weighted by Gasteiger charge is -2.35. The largest absolute Gasteiger partial charge is 0.404 e. The molecule has 2 aliphatic rings. The molecule has 2 unspecified atom stereocenters. The first kappa shape index (κ1) is 12.7. The minimum absolute atomic E-state index is 0.0673. The zero-order chi connectivity index (χ0) is 12.7. The topological polar surface area (TPSA) is 32.3 Å². The van der Waals surface area contributed by atoms with E-state index < -0.39 is 17.5 Å². The number of rotatable bonds is 1. The van der Waals surface area contributed by atoms with E-state index in [2.05, 4.69) is 5.32 Å². The van der Waals surface area contributed by atoms with Crippen LogP contribution in [0.3, 0.4) is 0 Å². The monoisotopic (exact) mass is 250 g/mol. The van der Waals surface area contributed by atoms with Crippen molar-refractivity contribution in [2.45, 2.75) is 38.4 Å². The molecule has 2 aliphatic heterocycles. The number of alkyl halides is 3. The number of amides is 1. The third-order valence-electron chi connectivity index (χ3n) is 3.92.